The Balaban J connectivity index is 2.05. The van der Waals surface area contributed by atoms with Crippen molar-refractivity contribution in [2.24, 2.45) is 0 Å². The van der Waals surface area contributed by atoms with Crippen molar-refractivity contribution in [1.82, 2.24) is 10.3 Å². The van der Waals surface area contributed by atoms with Crippen molar-refractivity contribution < 1.29 is 32.6 Å². The quantitative estimate of drug-likeness (QED) is 0.809. The summed E-state index contributed by atoms with van der Waals surface area (Å²) in [6, 6.07) is 4.22. The third-order valence-corrected chi connectivity index (χ3v) is 3.44. The standard InChI is InChI=1S/C15H12ClF3N2O4/c16-9-3-4-11(13-8(9)2-1-5-20-13)25-7-12(22)21-10(14(23)24)6-15(17,18)19/h1-5,10H,6-7H2,(H,21,22)(H,23,24). The highest BCUT2D eigenvalue weighted by Gasteiger charge is 2.36. The van der Waals surface area contributed by atoms with Crippen molar-refractivity contribution in [2.45, 2.75) is 18.6 Å². The van der Waals surface area contributed by atoms with Crippen LogP contribution in [0.4, 0.5) is 13.2 Å². The van der Waals surface area contributed by atoms with Crippen LogP contribution in [0.25, 0.3) is 10.9 Å². The maximum absolute atomic E-state index is 12.3. The molecule has 0 radical (unpaired) electrons. The largest absolute Gasteiger partial charge is 0.481 e. The number of hydrogen-bond acceptors (Lipinski definition) is 4. The van der Waals surface area contributed by atoms with E-state index in [0.717, 1.165) is 0 Å². The minimum Gasteiger partial charge on any atom is -0.481 e. The predicted octanol–water partition coefficient (Wildman–Crippen LogP) is 2.79. The summed E-state index contributed by atoms with van der Waals surface area (Å²) in [7, 11) is 0. The van der Waals surface area contributed by atoms with E-state index in [1.165, 1.54) is 18.3 Å². The average Bonchev–Trinajstić information content (AvgIpc) is 2.52. The number of carbonyl (C=O) groups excluding carboxylic acids is 1. The summed E-state index contributed by atoms with van der Waals surface area (Å²) in [5.41, 5.74) is 0.368. The first-order valence-corrected chi connectivity index (χ1v) is 7.30. The van der Waals surface area contributed by atoms with Crippen LogP contribution in [-0.2, 0) is 9.59 Å². The zero-order valence-electron chi connectivity index (χ0n) is 12.5. The number of ether oxygens (including phenoxy) is 1. The van der Waals surface area contributed by atoms with Gasteiger partial charge in [0.25, 0.3) is 5.91 Å². The number of halogens is 4. The third-order valence-electron chi connectivity index (χ3n) is 3.11. The van der Waals surface area contributed by atoms with E-state index in [0.29, 0.717) is 15.9 Å². The first kappa shape index (κ1) is 18.8. The van der Waals surface area contributed by atoms with Gasteiger partial charge in [0.05, 0.1) is 11.4 Å². The fourth-order valence-electron chi connectivity index (χ4n) is 2.04. The summed E-state index contributed by atoms with van der Waals surface area (Å²) in [4.78, 5) is 26.6. The molecule has 1 aromatic carbocycles. The molecule has 0 fully saturated rings. The highest BCUT2D eigenvalue weighted by Crippen LogP contribution is 2.29. The highest BCUT2D eigenvalue weighted by atomic mass is 35.5. The Morgan fingerprint density at radius 3 is 2.68 bits per heavy atom. The van der Waals surface area contributed by atoms with E-state index in [1.807, 2.05) is 0 Å². The van der Waals surface area contributed by atoms with Gasteiger partial charge in [0.2, 0.25) is 0 Å². The van der Waals surface area contributed by atoms with Gasteiger partial charge >= 0.3 is 12.1 Å². The van der Waals surface area contributed by atoms with E-state index in [9.17, 15) is 22.8 Å². The van der Waals surface area contributed by atoms with Crippen molar-refractivity contribution in [3.8, 4) is 5.75 Å². The second kappa shape index (κ2) is 7.56. The number of fused-ring (bicyclic) bond motifs is 1. The first-order valence-electron chi connectivity index (χ1n) is 6.92. The molecule has 2 N–H and O–H groups in total. The molecule has 2 aromatic rings. The van der Waals surface area contributed by atoms with Crippen LogP contribution in [0.3, 0.4) is 0 Å². The molecule has 25 heavy (non-hydrogen) atoms. The van der Waals surface area contributed by atoms with E-state index in [-0.39, 0.29) is 5.75 Å². The lowest BCUT2D eigenvalue weighted by Gasteiger charge is -2.16. The number of nitrogens with one attached hydrogen (secondary N) is 1. The van der Waals surface area contributed by atoms with Crippen LogP contribution in [0.2, 0.25) is 5.02 Å². The van der Waals surface area contributed by atoms with Crippen LogP contribution in [0.15, 0.2) is 30.5 Å². The molecular weight excluding hydrogens is 365 g/mol. The van der Waals surface area contributed by atoms with E-state index in [2.05, 4.69) is 4.98 Å². The van der Waals surface area contributed by atoms with Gasteiger partial charge in [0.15, 0.2) is 6.61 Å². The average molecular weight is 377 g/mol. The van der Waals surface area contributed by atoms with E-state index < -0.39 is 37.1 Å². The van der Waals surface area contributed by atoms with Crippen LogP contribution in [0.1, 0.15) is 6.42 Å². The van der Waals surface area contributed by atoms with E-state index >= 15 is 0 Å². The lowest BCUT2D eigenvalue weighted by Crippen LogP contribution is -2.45. The minimum atomic E-state index is -4.73. The fraction of sp³-hybridized carbons (Fsp3) is 0.267. The Bertz CT molecular complexity index is 798. The summed E-state index contributed by atoms with van der Waals surface area (Å²) >= 11 is 6.01. The number of carboxylic acids is 1. The van der Waals surface area contributed by atoms with Gasteiger partial charge in [-0.25, -0.2) is 4.79 Å². The molecule has 6 nitrogen and oxygen atoms in total. The molecule has 1 aromatic heterocycles. The molecule has 0 saturated carbocycles. The van der Waals surface area contributed by atoms with Gasteiger partial charge in [-0.3, -0.25) is 9.78 Å². The SMILES string of the molecule is O=C(COc1ccc(Cl)c2cccnc12)NC(CC(F)(F)F)C(=O)O. The van der Waals surface area contributed by atoms with E-state index in [1.54, 1.807) is 17.4 Å². The number of aliphatic carboxylic acids is 1. The summed E-state index contributed by atoms with van der Waals surface area (Å²) in [5, 5.41) is 11.5. The molecule has 0 aliphatic rings. The summed E-state index contributed by atoms with van der Waals surface area (Å²) < 4.78 is 42.2. The zero-order chi connectivity index (χ0) is 18.6. The molecular formula is C15H12ClF3N2O4. The molecule has 0 spiro atoms. The second-order valence-electron chi connectivity index (χ2n) is 5.01. The van der Waals surface area contributed by atoms with Crippen molar-refractivity contribution >= 4 is 34.4 Å². The molecule has 0 bridgehead atoms. The topological polar surface area (TPSA) is 88.5 Å². The Hall–Kier alpha value is -2.55. The molecule has 1 unspecified atom stereocenters. The molecule has 0 aliphatic carbocycles. The Morgan fingerprint density at radius 2 is 2.04 bits per heavy atom. The number of nitrogens with zero attached hydrogens (tertiary/aromatic N) is 1. The molecule has 1 heterocycles. The number of amides is 1. The van der Waals surface area contributed by atoms with Gasteiger partial charge in [-0.15, -0.1) is 0 Å². The number of alkyl halides is 3. The normalized spacial score (nSPS) is 12.6. The van der Waals surface area contributed by atoms with Gasteiger partial charge < -0.3 is 15.2 Å². The molecule has 10 heteroatoms. The molecule has 0 aliphatic heterocycles. The van der Waals surface area contributed by atoms with Crippen LogP contribution in [0.5, 0.6) is 5.75 Å². The number of rotatable bonds is 6. The van der Waals surface area contributed by atoms with Crippen LogP contribution < -0.4 is 10.1 Å². The summed E-state index contributed by atoms with van der Waals surface area (Å²) in [6.07, 6.45) is -4.93. The van der Waals surface area contributed by atoms with Gasteiger partial charge in [-0.2, -0.15) is 13.2 Å². The second-order valence-corrected chi connectivity index (χ2v) is 5.42. The number of carboxylic acid groups (broad SMARTS) is 1. The molecule has 1 atom stereocenters. The van der Waals surface area contributed by atoms with Gasteiger partial charge in [0, 0.05) is 11.6 Å². The van der Waals surface area contributed by atoms with Crippen molar-refractivity contribution in [1.29, 1.82) is 0 Å². The van der Waals surface area contributed by atoms with Gasteiger partial charge in [-0.05, 0) is 24.3 Å². The minimum absolute atomic E-state index is 0.192. The number of pyridine rings is 1. The van der Waals surface area contributed by atoms with Crippen molar-refractivity contribution in [3.63, 3.8) is 0 Å². The molecule has 134 valence electrons. The lowest BCUT2D eigenvalue weighted by molar-refractivity contribution is -0.160. The maximum Gasteiger partial charge on any atom is 0.391 e. The van der Waals surface area contributed by atoms with E-state index in [4.69, 9.17) is 21.4 Å². The fourth-order valence-corrected chi connectivity index (χ4v) is 2.25. The Morgan fingerprint density at radius 1 is 1.32 bits per heavy atom. The number of aromatic nitrogens is 1. The highest BCUT2D eigenvalue weighted by molar-refractivity contribution is 6.35. The lowest BCUT2D eigenvalue weighted by atomic mass is 10.2. The Labute approximate surface area is 144 Å². The number of benzene rings is 1. The van der Waals surface area contributed by atoms with Crippen molar-refractivity contribution in [3.05, 3.63) is 35.5 Å². The van der Waals surface area contributed by atoms with Crippen LogP contribution >= 0.6 is 11.6 Å². The summed E-state index contributed by atoms with van der Waals surface area (Å²) in [6.45, 7) is -0.672. The molecule has 1 amide bonds. The molecule has 2 rings (SSSR count). The maximum atomic E-state index is 12.3. The number of carbonyl (C=O) groups is 2. The smallest absolute Gasteiger partial charge is 0.391 e. The van der Waals surface area contributed by atoms with Crippen LogP contribution in [0, 0.1) is 0 Å². The summed E-state index contributed by atoms with van der Waals surface area (Å²) in [5.74, 6) is -2.60. The number of hydrogen-bond donors (Lipinski definition) is 2. The monoisotopic (exact) mass is 376 g/mol. The third kappa shape index (κ3) is 5.21. The zero-order valence-corrected chi connectivity index (χ0v) is 13.3. The van der Waals surface area contributed by atoms with Crippen LogP contribution in [-0.4, -0.2) is 40.8 Å². The molecule has 0 saturated heterocycles. The predicted molar refractivity (Wildman–Crippen MR) is 82.5 cm³/mol. The Kier molecular flexibility index (Phi) is 5.68. The van der Waals surface area contributed by atoms with Crippen molar-refractivity contribution in [2.75, 3.05) is 6.61 Å². The first-order chi connectivity index (χ1) is 11.7. The van der Waals surface area contributed by atoms with Gasteiger partial charge in [0.1, 0.15) is 17.3 Å². The van der Waals surface area contributed by atoms with Gasteiger partial charge in [-0.1, -0.05) is 11.6 Å².